The molecule has 0 spiro atoms. The molecule has 0 unspecified atom stereocenters. The molecule has 98 valence electrons. The monoisotopic (exact) mass is 322 g/mol. The molecule has 2 rings (SSSR count). The molecule has 0 aromatic heterocycles. The third-order valence-corrected chi connectivity index (χ3v) is 10.5. The van der Waals surface area contributed by atoms with E-state index in [4.69, 9.17) is 0 Å². The van der Waals surface area contributed by atoms with Gasteiger partial charge in [-0.05, 0) is 0 Å². The number of hydrogen-bond donors (Lipinski definition) is 0. The van der Waals surface area contributed by atoms with Crippen molar-refractivity contribution in [3.8, 4) is 0 Å². The van der Waals surface area contributed by atoms with Gasteiger partial charge in [-0.1, -0.05) is 19.8 Å². The molecule has 0 fully saturated rings. The Labute approximate surface area is 120 Å². The Bertz CT molecular complexity index is 318. The van der Waals surface area contributed by atoms with Crippen LogP contribution in [0.25, 0.3) is 0 Å². The molecule has 1 nitrogen and oxygen atoms in total. The van der Waals surface area contributed by atoms with Gasteiger partial charge in [-0.15, -0.1) is 6.61 Å². The molecular formula is C16H24OZr. The van der Waals surface area contributed by atoms with Crippen molar-refractivity contribution in [1.29, 1.82) is 0 Å². The molecule has 2 heteroatoms. The fourth-order valence-electron chi connectivity index (χ4n) is 2.15. The topological polar surface area (TPSA) is 23.1 Å². The third-order valence-electron chi connectivity index (χ3n) is 3.17. The first kappa shape index (κ1) is 15.9. The Morgan fingerprint density at radius 3 is 1.83 bits per heavy atom. The maximum atomic E-state index is 9.53. The second-order valence-electron chi connectivity index (χ2n) is 4.54. The van der Waals surface area contributed by atoms with Crippen molar-refractivity contribution in [2.45, 2.75) is 43.7 Å². The van der Waals surface area contributed by atoms with Gasteiger partial charge in [0.15, 0.2) is 0 Å². The molecule has 0 bridgehead atoms. The summed E-state index contributed by atoms with van der Waals surface area (Å²) >= 11 is -1.31. The average molecular weight is 324 g/mol. The molecule has 0 saturated heterocycles. The summed E-state index contributed by atoms with van der Waals surface area (Å²) in [4.78, 5) is 0. The van der Waals surface area contributed by atoms with Crippen LogP contribution in [0.2, 0.25) is 4.13 Å². The molecule has 0 aliphatic heterocycles. The molecule has 2 aliphatic rings. The van der Waals surface area contributed by atoms with Gasteiger partial charge in [-0.25, -0.2) is 0 Å². The van der Waals surface area contributed by atoms with Gasteiger partial charge in [-0.2, -0.15) is 0 Å². The van der Waals surface area contributed by atoms with Crippen molar-refractivity contribution in [2.75, 3.05) is 6.61 Å². The van der Waals surface area contributed by atoms with E-state index in [1.807, 2.05) is 6.92 Å². The molecule has 0 radical (unpaired) electrons. The first-order valence-corrected chi connectivity index (χ1v) is 11.2. The first-order chi connectivity index (χ1) is 8.83. The fourth-order valence-corrected chi connectivity index (χ4v) is 8.65. The van der Waals surface area contributed by atoms with Crippen LogP contribution >= 0.6 is 0 Å². The van der Waals surface area contributed by atoms with Gasteiger partial charge in [0, 0.05) is 0 Å². The van der Waals surface area contributed by atoms with E-state index in [9.17, 15) is 5.11 Å². The van der Waals surface area contributed by atoms with E-state index in [0.29, 0.717) is 0 Å². The van der Waals surface area contributed by atoms with Gasteiger partial charge in [0.05, 0.1) is 0 Å². The average Bonchev–Trinajstić information content (AvgIpc) is 3.05. The minimum absolute atomic E-state index is 0.0938. The van der Waals surface area contributed by atoms with Crippen LogP contribution in [0.4, 0.5) is 0 Å². The molecule has 0 amide bonds. The van der Waals surface area contributed by atoms with Crippen molar-refractivity contribution >= 4 is 0 Å². The molecular weight excluding hydrogens is 299 g/mol. The van der Waals surface area contributed by atoms with E-state index >= 15 is 0 Å². The van der Waals surface area contributed by atoms with Crippen molar-refractivity contribution in [1.82, 2.24) is 0 Å². The zero-order valence-electron chi connectivity index (χ0n) is 11.6. The molecule has 0 aromatic carbocycles. The first-order valence-electron chi connectivity index (χ1n) is 6.99. The van der Waals surface area contributed by atoms with Crippen LogP contribution in [0.5, 0.6) is 0 Å². The Kier molecular flexibility index (Phi) is 8.54. The molecule has 2 aliphatic carbocycles. The molecule has 0 atom stereocenters. The summed E-state index contributed by atoms with van der Waals surface area (Å²) in [7, 11) is 0. The summed E-state index contributed by atoms with van der Waals surface area (Å²) in [5.74, 6) is 0. The predicted molar refractivity (Wildman–Crippen MR) is 73.9 cm³/mol. The van der Waals surface area contributed by atoms with Gasteiger partial charge in [-0.3, -0.25) is 0 Å². The summed E-state index contributed by atoms with van der Waals surface area (Å²) in [5, 5.41) is 9.53. The molecule has 0 heterocycles. The van der Waals surface area contributed by atoms with E-state index in [2.05, 4.69) is 43.4 Å². The van der Waals surface area contributed by atoms with Crippen molar-refractivity contribution < 1.29 is 26.9 Å². The Morgan fingerprint density at radius 2 is 1.61 bits per heavy atom. The molecule has 18 heavy (non-hydrogen) atoms. The molecule has 0 aromatic rings. The van der Waals surface area contributed by atoms with Gasteiger partial charge in [0.2, 0.25) is 0 Å². The predicted octanol–water partition coefficient (Wildman–Crippen LogP) is 3.88. The zero-order valence-corrected chi connectivity index (χ0v) is 14.1. The summed E-state index contributed by atoms with van der Waals surface area (Å²) in [6, 6.07) is 0. The van der Waals surface area contributed by atoms with Crippen molar-refractivity contribution in [3.05, 3.63) is 43.0 Å². The SMILES string of the molecule is CCCC[O-].C[CH2][Zr+]([C]1=CC=CC1)[C]1=CC=CC1. The van der Waals surface area contributed by atoms with E-state index in [1.54, 1.807) is 6.56 Å². The quantitative estimate of drug-likeness (QED) is 0.753. The van der Waals surface area contributed by atoms with Crippen LogP contribution < -0.4 is 5.11 Å². The van der Waals surface area contributed by atoms with Gasteiger partial charge >= 0.3 is 88.7 Å². The summed E-state index contributed by atoms with van der Waals surface area (Å²) in [6.45, 7) is 4.47. The van der Waals surface area contributed by atoms with Crippen LogP contribution in [0, 0.1) is 0 Å². The van der Waals surface area contributed by atoms with Crippen molar-refractivity contribution in [3.63, 3.8) is 0 Å². The Hall–Kier alpha value is -0.197. The summed E-state index contributed by atoms with van der Waals surface area (Å²) < 4.78 is 5.02. The standard InChI is InChI=1S/2C5H5.C4H9O.C2H5.Zr/c2*1-2-4-5-3-1;1-2-3-4-5;1-2;/h2*1-3H,4H2;2-4H2,1H3;1H2,2H3;/q;;-1;;+1. The molecule has 0 N–H and O–H groups in total. The normalized spacial score (nSPS) is 16.2. The second kappa shape index (κ2) is 9.70. The molecule has 0 saturated carbocycles. The van der Waals surface area contributed by atoms with E-state index < -0.39 is 21.8 Å². The fraction of sp³-hybridized carbons (Fsp3) is 0.500. The van der Waals surface area contributed by atoms with Gasteiger partial charge < -0.3 is 5.11 Å². The van der Waals surface area contributed by atoms with Gasteiger partial charge in [0.1, 0.15) is 0 Å². The van der Waals surface area contributed by atoms with Crippen LogP contribution in [0.15, 0.2) is 43.0 Å². The van der Waals surface area contributed by atoms with Crippen molar-refractivity contribution in [2.24, 2.45) is 0 Å². The Balaban J connectivity index is 0.000000280. The van der Waals surface area contributed by atoms with Crippen LogP contribution in [0.3, 0.4) is 0 Å². The number of hydrogen-bond acceptors (Lipinski definition) is 1. The Morgan fingerprint density at radius 1 is 1.06 bits per heavy atom. The van der Waals surface area contributed by atoms with Crippen LogP contribution in [0.1, 0.15) is 39.5 Å². The number of unbranched alkanes of at least 4 members (excludes halogenated alkanes) is 1. The van der Waals surface area contributed by atoms with E-state index in [0.717, 1.165) is 12.8 Å². The number of rotatable bonds is 5. The summed E-state index contributed by atoms with van der Waals surface area (Å²) in [5.41, 5.74) is 0. The van der Waals surface area contributed by atoms with Crippen LogP contribution in [-0.2, 0) is 21.8 Å². The van der Waals surface area contributed by atoms with Crippen LogP contribution in [-0.4, -0.2) is 6.61 Å². The number of allylic oxidation sites excluding steroid dienone is 8. The second-order valence-corrected chi connectivity index (χ2v) is 11.8. The third kappa shape index (κ3) is 5.20. The maximum absolute atomic E-state index is 9.53. The van der Waals surface area contributed by atoms with Gasteiger partial charge in [0.25, 0.3) is 0 Å². The summed E-state index contributed by atoms with van der Waals surface area (Å²) in [6.07, 6.45) is 18.2. The van der Waals surface area contributed by atoms with E-state index in [1.165, 1.54) is 17.0 Å². The minimum atomic E-state index is -1.31. The zero-order chi connectivity index (χ0) is 13.2. The van der Waals surface area contributed by atoms with E-state index in [-0.39, 0.29) is 6.61 Å².